The monoisotopic (exact) mass is 314 g/mol. The molecule has 0 aromatic carbocycles. The fraction of sp³-hybridized carbons (Fsp3) is 0.786. The first-order valence-electron chi connectivity index (χ1n) is 7.43. The van der Waals surface area contributed by atoms with Crippen molar-refractivity contribution in [3.63, 3.8) is 0 Å². The van der Waals surface area contributed by atoms with E-state index >= 15 is 0 Å². The minimum Gasteiger partial charge on any atom is -0.480 e. The highest BCUT2D eigenvalue weighted by atomic mass is 32.2. The summed E-state index contributed by atoms with van der Waals surface area (Å²) in [5, 5.41) is 14.9. The highest BCUT2D eigenvalue weighted by Crippen LogP contribution is 2.29. The third-order valence-corrected chi connectivity index (χ3v) is 4.95. The highest BCUT2D eigenvalue weighted by molar-refractivity contribution is 7.99. The lowest BCUT2D eigenvalue weighted by atomic mass is 9.92. The fourth-order valence-electron chi connectivity index (χ4n) is 2.39. The van der Waals surface area contributed by atoms with Crippen LogP contribution in [0.4, 0.5) is 0 Å². The number of carboxylic acid groups (broad SMARTS) is 1. The summed E-state index contributed by atoms with van der Waals surface area (Å²) >= 11 is 1.71. The molecule has 2 aliphatic rings. The average Bonchev–Trinajstić information content (AvgIpc) is 3.29. The van der Waals surface area contributed by atoms with E-state index in [9.17, 15) is 19.5 Å². The van der Waals surface area contributed by atoms with Crippen LogP contribution in [0.3, 0.4) is 0 Å². The highest BCUT2D eigenvalue weighted by Gasteiger charge is 2.41. The Bertz CT molecular complexity index is 417. The molecule has 1 heterocycles. The third kappa shape index (κ3) is 4.62. The predicted octanol–water partition coefficient (Wildman–Crippen LogP) is 0.759. The van der Waals surface area contributed by atoms with Gasteiger partial charge in [-0.25, -0.2) is 4.79 Å². The molecule has 0 aromatic heterocycles. The molecule has 1 aliphatic heterocycles. The van der Waals surface area contributed by atoms with Crippen molar-refractivity contribution in [2.75, 3.05) is 18.1 Å². The van der Waals surface area contributed by atoms with Crippen LogP contribution in [0.5, 0.6) is 0 Å². The maximum absolute atomic E-state index is 11.9. The molecule has 0 bridgehead atoms. The Morgan fingerprint density at radius 1 is 1.19 bits per heavy atom. The number of carboxylic acids is 1. The number of hydrogen-bond donors (Lipinski definition) is 3. The number of rotatable bonds is 7. The summed E-state index contributed by atoms with van der Waals surface area (Å²) in [5.41, 5.74) is -1.10. The van der Waals surface area contributed by atoms with Crippen molar-refractivity contribution in [3.8, 4) is 0 Å². The molecule has 6 nitrogen and oxygen atoms in total. The molecule has 2 rings (SSSR count). The van der Waals surface area contributed by atoms with Crippen LogP contribution in [0, 0.1) is 5.92 Å². The Morgan fingerprint density at radius 3 is 2.43 bits per heavy atom. The van der Waals surface area contributed by atoms with Crippen LogP contribution in [0.1, 0.15) is 38.5 Å². The molecule has 1 saturated heterocycles. The quantitative estimate of drug-likeness (QED) is 0.603. The molecule has 1 saturated carbocycles. The first-order chi connectivity index (χ1) is 10.0. The van der Waals surface area contributed by atoms with Crippen LogP contribution in [0.25, 0.3) is 0 Å². The minimum atomic E-state index is -1.10. The second-order valence-corrected chi connectivity index (χ2v) is 6.94. The topological polar surface area (TPSA) is 95.5 Å². The Hall–Kier alpha value is -1.24. The maximum Gasteiger partial charge on any atom is 0.329 e. The van der Waals surface area contributed by atoms with E-state index in [-0.39, 0.29) is 24.2 Å². The smallest absolute Gasteiger partial charge is 0.329 e. The van der Waals surface area contributed by atoms with E-state index in [1.165, 1.54) is 0 Å². The summed E-state index contributed by atoms with van der Waals surface area (Å²) in [4.78, 5) is 34.8. The Kier molecular flexibility index (Phi) is 5.50. The molecular weight excluding hydrogens is 292 g/mol. The van der Waals surface area contributed by atoms with Crippen molar-refractivity contribution in [2.24, 2.45) is 5.92 Å². The molecule has 0 radical (unpaired) electrons. The molecule has 0 atom stereocenters. The number of thioether (sulfide) groups is 1. The van der Waals surface area contributed by atoms with Gasteiger partial charge in [0.2, 0.25) is 11.8 Å². The van der Waals surface area contributed by atoms with Crippen molar-refractivity contribution in [1.29, 1.82) is 0 Å². The molecule has 2 fully saturated rings. The summed E-state index contributed by atoms with van der Waals surface area (Å²) in [6, 6.07) is 0. The lowest BCUT2D eigenvalue weighted by Crippen LogP contribution is -2.56. The summed E-state index contributed by atoms with van der Waals surface area (Å²) in [5.74, 6) is 0.562. The van der Waals surface area contributed by atoms with Crippen LogP contribution in [0.15, 0.2) is 0 Å². The van der Waals surface area contributed by atoms with Gasteiger partial charge >= 0.3 is 5.97 Å². The molecule has 0 aromatic rings. The van der Waals surface area contributed by atoms with Gasteiger partial charge in [-0.2, -0.15) is 11.8 Å². The third-order valence-electron chi connectivity index (χ3n) is 3.96. The van der Waals surface area contributed by atoms with Gasteiger partial charge in [0.25, 0.3) is 0 Å². The van der Waals surface area contributed by atoms with Gasteiger partial charge in [-0.15, -0.1) is 0 Å². The molecule has 3 N–H and O–H groups in total. The minimum absolute atomic E-state index is 0.0710. The van der Waals surface area contributed by atoms with Crippen molar-refractivity contribution in [3.05, 3.63) is 0 Å². The number of carbonyl (C=O) groups is 3. The number of amides is 2. The fourth-order valence-corrected chi connectivity index (χ4v) is 3.58. The van der Waals surface area contributed by atoms with E-state index in [1.54, 1.807) is 11.8 Å². The standard InChI is InChI=1S/C14H22N2O4S/c17-11(2-1-7-15-12(18)10-3-4-10)16-14(13(19)20)5-8-21-9-6-14/h10H,1-9H2,(H,15,18)(H,16,17)(H,19,20). The van der Waals surface area contributed by atoms with Gasteiger partial charge in [0.15, 0.2) is 0 Å². The Morgan fingerprint density at radius 2 is 1.86 bits per heavy atom. The molecule has 1 aliphatic carbocycles. The number of nitrogens with one attached hydrogen (secondary N) is 2. The van der Waals surface area contributed by atoms with E-state index in [0.717, 1.165) is 24.3 Å². The van der Waals surface area contributed by atoms with E-state index < -0.39 is 11.5 Å². The average molecular weight is 314 g/mol. The molecule has 118 valence electrons. The molecule has 0 unspecified atom stereocenters. The van der Waals surface area contributed by atoms with Crippen LogP contribution in [-0.2, 0) is 14.4 Å². The second kappa shape index (κ2) is 7.15. The van der Waals surface area contributed by atoms with E-state index in [0.29, 0.717) is 25.8 Å². The van der Waals surface area contributed by atoms with Crippen LogP contribution < -0.4 is 10.6 Å². The van der Waals surface area contributed by atoms with Crippen molar-refractivity contribution >= 4 is 29.5 Å². The van der Waals surface area contributed by atoms with Gasteiger partial charge in [0, 0.05) is 18.9 Å². The lowest BCUT2D eigenvalue weighted by molar-refractivity contribution is -0.148. The zero-order valence-electron chi connectivity index (χ0n) is 12.0. The van der Waals surface area contributed by atoms with Crippen molar-refractivity contribution in [1.82, 2.24) is 10.6 Å². The first-order valence-corrected chi connectivity index (χ1v) is 8.59. The van der Waals surface area contributed by atoms with Crippen molar-refractivity contribution in [2.45, 2.75) is 44.1 Å². The summed E-state index contributed by atoms with van der Waals surface area (Å²) < 4.78 is 0. The zero-order valence-corrected chi connectivity index (χ0v) is 12.8. The number of carbonyl (C=O) groups excluding carboxylic acids is 2. The normalized spacial score (nSPS) is 20.6. The molecule has 0 spiro atoms. The van der Waals surface area contributed by atoms with E-state index in [2.05, 4.69) is 10.6 Å². The SMILES string of the molecule is O=C(CCCNC(=O)C1CC1)NC1(C(=O)O)CCSCC1. The molecular formula is C14H22N2O4S. The lowest BCUT2D eigenvalue weighted by Gasteiger charge is -2.33. The predicted molar refractivity (Wildman–Crippen MR) is 80.0 cm³/mol. The first kappa shape index (κ1) is 16.1. The molecule has 2 amide bonds. The van der Waals surface area contributed by atoms with Gasteiger partial charge in [-0.1, -0.05) is 0 Å². The van der Waals surface area contributed by atoms with E-state index in [4.69, 9.17) is 0 Å². The number of aliphatic carboxylic acids is 1. The van der Waals surface area contributed by atoms with Crippen LogP contribution in [0.2, 0.25) is 0 Å². The summed E-state index contributed by atoms with van der Waals surface area (Å²) in [6.07, 6.45) is 3.65. The number of hydrogen-bond acceptors (Lipinski definition) is 4. The Balaban J connectivity index is 1.69. The maximum atomic E-state index is 11.9. The van der Waals surface area contributed by atoms with Crippen molar-refractivity contribution < 1.29 is 19.5 Å². The van der Waals surface area contributed by atoms with Crippen LogP contribution in [-0.4, -0.2) is 46.5 Å². The second-order valence-electron chi connectivity index (χ2n) is 5.72. The van der Waals surface area contributed by atoms with Gasteiger partial charge in [0.05, 0.1) is 0 Å². The van der Waals surface area contributed by atoms with Gasteiger partial charge in [-0.3, -0.25) is 9.59 Å². The van der Waals surface area contributed by atoms with Gasteiger partial charge in [-0.05, 0) is 43.6 Å². The largest absolute Gasteiger partial charge is 0.480 e. The molecule has 21 heavy (non-hydrogen) atoms. The van der Waals surface area contributed by atoms with Gasteiger partial charge < -0.3 is 15.7 Å². The molecule has 7 heteroatoms. The summed E-state index contributed by atoms with van der Waals surface area (Å²) in [6.45, 7) is 0.471. The summed E-state index contributed by atoms with van der Waals surface area (Å²) in [7, 11) is 0. The zero-order chi connectivity index (χ0) is 15.3. The van der Waals surface area contributed by atoms with Gasteiger partial charge in [0.1, 0.15) is 5.54 Å². The van der Waals surface area contributed by atoms with Crippen LogP contribution >= 0.6 is 11.8 Å². The van der Waals surface area contributed by atoms with E-state index in [1.807, 2.05) is 0 Å². The Labute approximate surface area is 128 Å².